The summed E-state index contributed by atoms with van der Waals surface area (Å²) in [5, 5.41) is 11.6. The summed E-state index contributed by atoms with van der Waals surface area (Å²) in [6.07, 6.45) is -4.66. The molecule has 5 nitrogen and oxygen atoms in total. The number of benzene rings is 1. The Balaban J connectivity index is 2.16. The average molecular weight is 344 g/mol. The van der Waals surface area contributed by atoms with Gasteiger partial charge in [-0.1, -0.05) is 32.0 Å². The summed E-state index contributed by atoms with van der Waals surface area (Å²) >= 11 is 0. The van der Waals surface area contributed by atoms with Crippen molar-refractivity contribution in [1.82, 2.24) is 4.90 Å². The van der Waals surface area contributed by atoms with Crippen molar-refractivity contribution in [2.24, 2.45) is 11.8 Å². The van der Waals surface area contributed by atoms with Crippen molar-refractivity contribution >= 4 is 17.7 Å². The molecule has 2 atom stereocenters. The molecule has 0 bridgehead atoms. The first-order chi connectivity index (χ1) is 11.1. The van der Waals surface area contributed by atoms with E-state index in [2.05, 4.69) is 5.32 Å². The quantitative estimate of drug-likeness (QED) is 0.881. The van der Waals surface area contributed by atoms with Crippen LogP contribution in [-0.2, 0) is 4.79 Å². The molecular weight excluding hydrogens is 325 g/mol. The van der Waals surface area contributed by atoms with Crippen molar-refractivity contribution in [2.45, 2.75) is 25.9 Å². The van der Waals surface area contributed by atoms with E-state index < -0.39 is 43.1 Å². The number of carbonyl (C=O) groups excluding carboxylic acids is 1. The lowest BCUT2D eigenvalue weighted by molar-refractivity contribution is -0.187. The third-order valence-electron chi connectivity index (χ3n) is 4.17. The topological polar surface area (TPSA) is 69.6 Å². The molecule has 132 valence electrons. The van der Waals surface area contributed by atoms with Crippen LogP contribution in [0.2, 0.25) is 0 Å². The van der Waals surface area contributed by atoms with E-state index >= 15 is 0 Å². The molecule has 1 saturated heterocycles. The second-order valence-electron chi connectivity index (χ2n) is 6.17. The molecule has 1 aromatic rings. The van der Waals surface area contributed by atoms with Gasteiger partial charge in [0, 0.05) is 18.8 Å². The maximum atomic E-state index is 13.0. The number of nitrogens with one attached hydrogen (secondary N) is 1. The van der Waals surface area contributed by atoms with Crippen molar-refractivity contribution in [1.29, 1.82) is 0 Å². The minimum Gasteiger partial charge on any atom is -0.481 e. The number of rotatable bonds is 3. The number of halogens is 3. The highest BCUT2D eigenvalue weighted by Crippen LogP contribution is 2.38. The summed E-state index contributed by atoms with van der Waals surface area (Å²) in [5.74, 6) is -5.12. The Labute approximate surface area is 137 Å². The van der Waals surface area contributed by atoms with Crippen molar-refractivity contribution < 1.29 is 27.9 Å². The predicted molar refractivity (Wildman–Crippen MR) is 81.8 cm³/mol. The van der Waals surface area contributed by atoms with Crippen molar-refractivity contribution in [3.8, 4) is 0 Å². The smallest absolute Gasteiger partial charge is 0.394 e. The molecule has 1 aliphatic heterocycles. The number of likely N-dealkylation sites (tertiary alicyclic amines) is 1. The van der Waals surface area contributed by atoms with Crippen LogP contribution in [0.3, 0.4) is 0 Å². The Morgan fingerprint density at radius 2 is 1.88 bits per heavy atom. The molecule has 0 radical (unpaired) electrons. The van der Waals surface area contributed by atoms with Crippen LogP contribution in [0.15, 0.2) is 24.3 Å². The monoisotopic (exact) mass is 344 g/mol. The van der Waals surface area contributed by atoms with Crippen LogP contribution in [0, 0.1) is 11.8 Å². The van der Waals surface area contributed by atoms with Gasteiger partial charge in [-0.3, -0.25) is 4.79 Å². The summed E-state index contributed by atoms with van der Waals surface area (Å²) < 4.78 is 38.9. The molecule has 0 spiro atoms. The van der Waals surface area contributed by atoms with Gasteiger partial charge in [0.15, 0.2) is 0 Å². The highest BCUT2D eigenvalue weighted by Gasteiger charge is 2.53. The van der Waals surface area contributed by atoms with Crippen LogP contribution in [0.4, 0.5) is 23.7 Å². The van der Waals surface area contributed by atoms with Gasteiger partial charge in [-0.05, 0) is 17.5 Å². The minimum absolute atomic E-state index is 0.120. The third-order valence-corrected chi connectivity index (χ3v) is 4.17. The van der Waals surface area contributed by atoms with Gasteiger partial charge in [0.25, 0.3) is 0 Å². The Hall–Kier alpha value is -2.25. The number of urea groups is 1. The summed E-state index contributed by atoms with van der Waals surface area (Å²) in [6, 6.07) is 6.29. The molecule has 24 heavy (non-hydrogen) atoms. The fourth-order valence-electron chi connectivity index (χ4n) is 2.86. The van der Waals surface area contributed by atoms with Crippen LogP contribution in [0.1, 0.15) is 25.3 Å². The lowest BCUT2D eigenvalue weighted by atomic mass is 9.96. The number of hydrogen-bond acceptors (Lipinski definition) is 2. The molecular formula is C16H19F3N2O3. The van der Waals surface area contributed by atoms with Gasteiger partial charge in [0.05, 0.1) is 11.8 Å². The second kappa shape index (κ2) is 6.70. The van der Waals surface area contributed by atoms with E-state index in [9.17, 15) is 22.8 Å². The number of amides is 2. The van der Waals surface area contributed by atoms with E-state index in [1.54, 1.807) is 18.2 Å². The number of aliphatic carboxylic acids is 1. The molecule has 2 N–H and O–H groups in total. The van der Waals surface area contributed by atoms with Crippen LogP contribution in [0.5, 0.6) is 0 Å². The highest BCUT2D eigenvalue weighted by atomic mass is 19.4. The third kappa shape index (κ3) is 3.80. The van der Waals surface area contributed by atoms with Gasteiger partial charge in [-0.25, -0.2) is 4.79 Å². The van der Waals surface area contributed by atoms with Gasteiger partial charge in [-0.2, -0.15) is 13.2 Å². The standard InChI is InChI=1S/C16H19F3N2O3/c1-9(2)10-5-3-4-6-13(10)20-15(24)21-7-11(14(22)23)12(8-21)16(17,18)19/h3-6,9,11-12H,7-8H2,1-2H3,(H,20,24)(H,22,23)/t11-,12-/m1/s1. The normalized spacial score (nSPS) is 21.2. The van der Waals surface area contributed by atoms with Gasteiger partial charge in [-0.15, -0.1) is 0 Å². The maximum Gasteiger partial charge on any atom is 0.394 e. The zero-order chi connectivity index (χ0) is 18.1. The lowest BCUT2D eigenvalue weighted by Crippen LogP contribution is -2.35. The van der Waals surface area contributed by atoms with Gasteiger partial charge >= 0.3 is 18.2 Å². The van der Waals surface area contributed by atoms with Crippen molar-refractivity contribution in [3.05, 3.63) is 29.8 Å². The molecule has 1 heterocycles. The number of anilines is 1. The number of carboxylic acids is 1. The molecule has 2 amide bonds. The minimum atomic E-state index is -4.66. The SMILES string of the molecule is CC(C)c1ccccc1NC(=O)N1C[C@@H](C(F)(F)F)[C@H](C(=O)O)C1. The molecule has 1 aliphatic rings. The van der Waals surface area contributed by atoms with E-state index in [4.69, 9.17) is 5.11 Å². The molecule has 1 aromatic carbocycles. The van der Waals surface area contributed by atoms with Crippen molar-refractivity contribution in [2.75, 3.05) is 18.4 Å². The molecule has 0 unspecified atom stereocenters. The van der Waals surface area contributed by atoms with E-state index in [-0.39, 0.29) is 5.92 Å². The first kappa shape index (κ1) is 18.1. The number of carboxylic acid groups (broad SMARTS) is 1. The number of para-hydroxylation sites is 1. The van der Waals surface area contributed by atoms with Crippen LogP contribution >= 0.6 is 0 Å². The summed E-state index contributed by atoms with van der Waals surface area (Å²) in [6.45, 7) is 2.74. The van der Waals surface area contributed by atoms with E-state index in [1.807, 2.05) is 19.9 Å². The Morgan fingerprint density at radius 3 is 2.38 bits per heavy atom. The Morgan fingerprint density at radius 1 is 1.25 bits per heavy atom. The largest absolute Gasteiger partial charge is 0.481 e. The Bertz CT molecular complexity index is 631. The number of nitrogens with zero attached hydrogens (tertiary/aromatic N) is 1. The molecule has 2 rings (SSSR count). The summed E-state index contributed by atoms with van der Waals surface area (Å²) in [7, 11) is 0. The predicted octanol–water partition coefficient (Wildman–Crippen LogP) is 3.54. The highest BCUT2D eigenvalue weighted by molar-refractivity contribution is 5.91. The zero-order valence-corrected chi connectivity index (χ0v) is 13.3. The molecule has 8 heteroatoms. The van der Waals surface area contributed by atoms with Crippen LogP contribution in [0.25, 0.3) is 0 Å². The first-order valence-electron chi connectivity index (χ1n) is 7.55. The zero-order valence-electron chi connectivity index (χ0n) is 13.3. The molecule has 0 saturated carbocycles. The fraction of sp³-hybridized carbons (Fsp3) is 0.500. The molecule has 0 aromatic heterocycles. The van der Waals surface area contributed by atoms with Gasteiger partial charge in [0.1, 0.15) is 0 Å². The number of alkyl halides is 3. The maximum absolute atomic E-state index is 13.0. The van der Waals surface area contributed by atoms with Gasteiger partial charge < -0.3 is 15.3 Å². The fourth-order valence-corrected chi connectivity index (χ4v) is 2.86. The summed E-state index contributed by atoms with van der Waals surface area (Å²) in [4.78, 5) is 24.3. The average Bonchev–Trinajstić information content (AvgIpc) is 2.93. The Kier molecular flexibility index (Phi) is 5.05. The van der Waals surface area contributed by atoms with Crippen LogP contribution in [-0.4, -0.2) is 41.3 Å². The lowest BCUT2D eigenvalue weighted by Gasteiger charge is -2.20. The summed E-state index contributed by atoms with van der Waals surface area (Å²) in [5.41, 5.74) is 1.37. The number of hydrogen-bond donors (Lipinski definition) is 2. The van der Waals surface area contributed by atoms with Crippen molar-refractivity contribution in [3.63, 3.8) is 0 Å². The second-order valence-corrected chi connectivity index (χ2v) is 6.17. The molecule has 0 aliphatic carbocycles. The molecule has 1 fully saturated rings. The van der Waals surface area contributed by atoms with E-state index in [1.165, 1.54) is 0 Å². The van der Waals surface area contributed by atoms with Crippen LogP contribution < -0.4 is 5.32 Å². The van der Waals surface area contributed by atoms with Gasteiger partial charge in [0.2, 0.25) is 0 Å². The van der Waals surface area contributed by atoms with E-state index in [0.29, 0.717) is 5.69 Å². The first-order valence-corrected chi connectivity index (χ1v) is 7.55. The number of carbonyl (C=O) groups is 2. The van der Waals surface area contributed by atoms with E-state index in [0.717, 1.165) is 10.5 Å².